The van der Waals surface area contributed by atoms with Gasteiger partial charge in [0.15, 0.2) is 12.1 Å². The van der Waals surface area contributed by atoms with Gasteiger partial charge in [0.25, 0.3) is 0 Å². The third-order valence-electron chi connectivity index (χ3n) is 5.63. The van der Waals surface area contributed by atoms with Crippen molar-refractivity contribution >= 4 is 30.8 Å². The van der Waals surface area contributed by atoms with Crippen molar-refractivity contribution in [3.63, 3.8) is 0 Å². The second kappa shape index (κ2) is 9.19. The number of rotatable bonds is 7. The van der Waals surface area contributed by atoms with E-state index in [2.05, 4.69) is 4.98 Å². The molecular weight excluding hydrogens is 487 g/mol. The number of hydrogen-bond donors (Lipinski definition) is 5. The largest absolute Gasteiger partial charge is 0.388 e. The van der Waals surface area contributed by atoms with Crippen LogP contribution in [0.1, 0.15) is 39.8 Å². The zero-order chi connectivity index (χ0) is 24.9. The molecule has 1 aliphatic heterocycles. The van der Waals surface area contributed by atoms with E-state index in [0.29, 0.717) is 0 Å². The summed E-state index contributed by atoms with van der Waals surface area (Å²) in [5.41, 5.74) is -2.93. The highest BCUT2D eigenvalue weighted by Crippen LogP contribution is 2.52. The van der Waals surface area contributed by atoms with Crippen molar-refractivity contribution in [2.75, 3.05) is 0 Å². The summed E-state index contributed by atoms with van der Waals surface area (Å²) in [7, 11) is -4.40. The first-order valence-corrected chi connectivity index (χ1v) is 12.0. The first-order valence-electron chi connectivity index (χ1n) is 9.94. The summed E-state index contributed by atoms with van der Waals surface area (Å²) in [5.74, 6) is -4.81. The van der Waals surface area contributed by atoms with Crippen molar-refractivity contribution in [1.29, 1.82) is 0 Å². The van der Waals surface area contributed by atoms with Crippen molar-refractivity contribution < 1.29 is 42.8 Å². The molecule has 1 fully saturated rings. The van der Waals surface area contributed by atoms with Crippen LogP contribution in [0, 0.1) is 16.5 Å². The number of ether oxygens (including phenoxy) is 1. The number of aromatic nitrogens is 3. The molecule has 0 bridgehead atoms. The lowest BCUT2D eigenvalue weighted by molar-refractivity contribution is -0.0685. The maximum Gasteiger partial charge on any atom is 0.356 e. The van der Waals surface area contributed by atoms with Crippen LogP contribution >= 0.6 is 19.8 Å². The van der Waals surface area contributed by atoms with Crippen LogP contribution in [-0.2, 0) is 13.8 Å². The van der Waals surface area contributed by atoms with E-state index in [9.17, 15) is 38.4 Å². The molecule has 0 aliphatic carbocycles. The number of hydrogen-bond acceptors (Lipinski definition) is 9. The fraction of sp³-hybridized carbons (Fsp3) is 0.611. The van der Waals surface area contributed by atoms with Crippen LogP contribution in [0.2, 0.25) is 0 Å². The van der Waals surface area contributed by atoms with Crippen LogP contribution < -0.4 is 5.43 Å². The molecule has 3 rings (SSSR count). The molecule has 1 aliphatic rings. The fourth-order valence-electron chi connectivity index (χ4n) is 3.48. The van der Waals surface area contributed by atoms with Gasteiger partial charge in [-0.05, 0) is 32.5 Å². The molecular formula is C18H24F2N3O8PS. The van der Waals surface area contributed by atoms with E-state index in [0.717, 1.165) is 17.7 Å². The maximum atomic E-state index is 13.7. The maximum absolute atomic E-state index is 13.7. The number of nitrogens with zero attached hydrogens (tertiary/aromatic N) is 2. The van der Waals surface area contributed by atoms with Gasteiger partial charge in [0.1, 0.15) is 17.9 Å². The Bertz CT molecular complexity index is 1220. The van der Waals surface area contributed by atoms with Crippen molar-refractivity contribution in [3.8, 4) is 0 Å². The Hall–Kier alpha value is -1.64. The monoisotopic (exact) mass is 511 g/mol. The van der Waals surface area contributed by atoms with E-state index in [4.69, 9.17) is 21.5 Å². The Balaban J connectivity index is 1.94. The molecule has 7 atom stereocenters. The van der Waals surface area contributed by atoms with Crippen LogP contribution in [0.5, 0.6) is 0 Å². The number of nitrogens with one attached hydrogen (secondary N) is 1. The lowest BCUT2D eigenvalue weighted by atomic mass is 9.93. The van der Waals surface area contributed by atoms with Crippen LogP contribution in [0.25, 0.3) is 11.0 Å². The number of aliphatic hydroxyl groups is 3. The van der Waals surface area contributed by atoms with Crippen LogP contribution in [0.3, 0.4) is 0 Å². The zero-order valence-corrected chi connectivity index (χ0v) is 19.5. The lowest BCUT2D eigenvalue weighted by Crippen LogP contribution is -2.39. The van der Waals surface area contributed by atoms with Crippen LogP contribution in [0.15, 0.2) is 11.0 Å². The summed E-state index contributed by atoms with van der Waals surface area (Å²) in [5, 5.41) is 30.2. The predicted octanol–water partition coefficient (Wildman–Crippen LogP) is 1.45. The van der Waals surface area contributed by atoms with Gasteiger partial charge in [-0.25, -0.2) is 4.98 Å². The molecule has 184 valence electrons. The summed E-state index contributed by atoms with van der Waals surface area (Å²) in [6.07, 6.45) is -4.51. The van der Waals surface area contributed by atoms with Crippen molar-refractivity contribution in [2.45, 2.75) is 69.6 Å². The number of halogens is 2. The van der Waals surface area contributed by atoms with Gasteiger partial charge in [-0.15, -0.1) is 0 Å². The van der Waals surface area contributed by atoms with Gasteiger partial charge in [0, 0.05) is 12.6 Å². The Morgan fingerprint density at radius 2 is 2.06 bits per heavy atom. The second-order valence-corrected chi connectivity index (χ2v) is 10.5. The summed E-state index contributed by atoms with van der Waals surface area (Å²) in [6, 6.07) is 0. The predicted molar refractivity (Wildman–Crippen MR) is 113 cm³/mol. The molecule has 0 saturated carbocycles. The van der Waals surface area contributed by atoms with Crippen molar-refractivity contribution in [2.24, 2.45) is 0 Å². The molecule has 2 aromatic heterocycles. The van der Waals surface area contributed by atoms with Gasteiger partial charge in [-0.1, -0.05) is 6.92 Å². The zero-order valence-electron chi connectivity index (χ0n) is 17.8. The first-order chi connectivity index (χ1) is 15.2. The average Bonchev–Trinajstić information content (AvgIpc) is 2.99. The number of aliphatic hydroxyl groups excluding tert-OH is 3. The molecule has 1 saturated heterocycles. The minimum Gasteiger partial charge on any atom is -0.388 e. The topological polar surface area (TPSA) is 167 Å². The van der Waals surface area contributed by atoms with E-state index in [1.807, 2.05) is 4.98 Å². The molecule has 2 aromatic rings. The van der Waals surface area contributed by atoms with Gasteiger partial charge in [0.2, 0.25) is 22.0 Å². The van der Waals surface area contributed by atoms with Gasteiger partial charge < -0.3 is 34.5 Å². The smallest absolute Gasteiger partial charge is 0.356 e. The molecule has 0 radical (unpaired) electrons. The number of pyridine rings is 1. The van der Waals surface area contributed by atoms with E-state index in [-0.39, 0.29) is 28.6 Å². The van der Waals surface area contributed by atoms with Crippen LogP contribution in [0.4, 0.5) is 8.78 Å². The Morgan fingerprint density at radius 3 is 2.64 bits per heavy atom. The number of H-pyrrole nitrogens is 1. The van der Waals surface area contributed by atoms with Crippen molar-refractivity contribution in [3.05, 3.63) is 33.0 Å². The first kappa shape index (κ1) is 26.0. The minimum absolute atomic E-state index is 0.162. The highest BCUT2D eigenvalue weighted by molar-refractivity contribution is 7.71. The van der Waals surface area contributed by atoms with E-state index < -0.39 is 60.8 Å². The Labute approximate surface area is 191 Å². The minimum atomic E-state index is -4.40. The van der Waals surface area contributed by atoms with Gasteiger partial charge in [0.05, 0.1) is 17.1 Å². The van der Waals surface area contributed by atoms with E-state index in [1.165, 1.54) is 6.92 Å². The summed E-state index contributed by atoms with van der Waals surface area (Å²) in [6.45, 7) is 4.23. The molecule has 11 nitrogen and oxygen atoms in total. The quantitative estimate of drug-likeness (QED) is 0.209. The fourth-order valence-corrected chi connectivity index (χ4v) is 4.72. The molecule has 3 heterocycles. The molecule has 0 amide bonds. The molecule has 0 spiro atoms. The Morgan fingerprint density at radius 1 is 1.42 bits per heavy atom. The van der Waals surface area contributed by atoms with Gasteiger partial charge in [-0.3, -0.25) is 13.9 Å². The summed E-state index contributed by atoms with van der Waals surface area (Å²) < 4.78 is 51.1. The Kier molecular flexibility index (Phi) is 7.23. The SMILES string of the molecule is CCC(C)(C[C@H]1O[C@@H](n2cc3c(=O)c(F)c(F)[nH]c3nc2=S)[C@@H](O)C1O)OP(=O)(O)C(C)O. The molecule has 0 aromatic carbocycles. The van der Waals surface area contributed by atoms with Gasteiger partial charge in [-0.2, -0.15) is 8.78 Å². The summed E-state index contributed by atoms with van der Waals surface area (Å²) >= 11 is 5.12. The third-order valence-corrected chi connectivity index (χ3v) is 7.58. The van der Waals surface area contributed by atoms with Crippen molar-refractivity contribution in [1.82, 2.24) is 14.5 Å². The second-order valence-electron chi connectivity index (χ2n) is 8.12. The van der Waals surface area contributed by atoms with E-state index in [1.54, 1.807) is 6.92 Å². The molecule has 4 unspecified atom stereocenters. The molecule has 5 N–H and O–H groups in total. The standard InChI is InChI=1S/C18H24F2N3O8PS/c1-4-18(3,31-32(28,29)7(2)24)5-9-12(26)13(27)16(30-9)23-6-8-11(25)10(19)14(20)21-15(8)22-17(23)33/h6-7,9,12-13,16,24,26-27H,4-5H2,1-3H3,(H,28,29)(H,21,22,33)/t7?,9-,12?,13+,16-,18?/m1/s1. The molecule has 15 heteroatoms. The highest BCUT2D eigenvalue weighted by Gasteiger charge is 2.48. The normalized spacial score (nSPS) is 27.9. The number of aromatic amines is 1. The average molecular weight is 511 g/mol. The molecule has 33 heavy (non-hydrogen) atoms. The van der Waals surface area contributed by atoms with E-state index >= 15 is 0 Å². The highest BCUT2D eigenvalue weighted by atomic mass is 32.1. The third kappa shape index (κ3) is 4.93. The number of fused-ring (bicyclic) bond motifs is 1. The van der Waals surface area contributed by atoms with Crippen LogP contribution in [-0.4, -0.2) is 64.5 Å². The summed E-state index contributed by atoms with van der Waals surface area (Å²) in [4.78, 5) is 27.8. The lowest BCUT2D eigenvalue weighted by Gasteiger charge is -2.34. The van der Waals surface area contributed by atoms with Gasteiger partial charge >= 0.3 is 7.60 Å².